The maximum Gasteiger partial charge on any atom is 0.252 e. The first-order chi connectivity index (χ1) is 11.3. The zero-order chi connectivity index (χ0) is 17.3. The summed E-state index contributed by atoms with van der Waals surface area (Å²) in [6.45, 7) is 1.95. The zero-order valence-corrected chi connectivity index (χ0v) is 15.3. The molecule has 1 aromatic heterocycles. The molecule has 3 rings (SSSR count). The van der Waals surface area contributed by atoms with Gasteiger partial charge in [-0.15, -0.1) is 0 Å². The van der Waals surface area contributed by atoms with Crippen molar-refractivity contribution in [2.45, 2.75) is 37.2 Å². The first-order valence-corrected chi connectivity index (χ1v) is 9.65. The molecular weight excluding hydrogens is 398 g/mol. The van der Waals surface area contributed by atoms with Crippen LogP contribution in [0.3, 0.4) is 0 Å². The van der Waals surface area contributed by atoms with Gasteiger partial charge in [-0.1, -0.05) is 5.16 Å². The Hall–Kier alpha value is -1.71. The summed E-state index contributed by atoms with van der Waals surface area (Å²) in [5, 5.41) is 6.49. The fourth-order valence-corrected chi connectivity index (χ4v) is 3.86. The van der Waals surface area contributed by atoms with Crippen molar-refractivity contribution in [2.75, 3.05) is 0 Å². The summed E-state index contributed by atoms with van der Waals surface area (Å²) in [5.41, 5.74) is 0.838. The van der Waals surface area contributed by atoms with Crippen LogP contribution in [-0.2, 0) is 16.6 Å². The van der Waals surface area contributed by atoms with Crippen LogP contribution in [0.5, 0.6) is 0 Å². The molecule has 2 N–H and O–H groups in total. The van der Waals surface area contributed by atoms with E-state index in [1.807, 2.05) is 0 Å². The second-order valence-electron chi connectivity index (χ2n) is 5.65. The number of sulfonamides is 1. The van der Waals surface area contributed by atoms with Gasteiger partial charge in [-0.25, -0.2) is 13.1 Å². The number of hydrogen-bond acceptors (Lipinski definition) is 5. The molecule has 0 aliphatic heterocycles. The molecule has 0 bridgehead atoms. The number of aryl methyl sites for hydroxylation is 1. The van der Waals surface area contributed by atoms with Crippen LogP contribution in [0, 0.1) is 6.92 Å². The topological polar surface area (TPSA) is 101 Å². The summed E-state index contributed by atoms with van der Waals surface area (Å²) in [7, 11) is -3.61. The molecule has 2 aromatic rings. The van der Waals surface area contributed by atoms with Crippen LogP contribution < -0.4 is 10.0 Å². The highest BCUT2D eigenvalue weighted by molar-refractivity contribution is 9.10. The summed E-state index contributed by atoms with van der Waals surface area (Å²) < 4.78 is 32.6. The normalized spacial score (nSPS) is 14.6. The number of halogens is 1. The molecule has 1 amide bonds. The van der Waals surface area contributed by atoms with Gasteiger partial charge < -0.3 is 9.84 Å². The molecule has 24 heavy (non-hydrogen) atoms. The minimum Gasteiger partial charge on any atom is -0.361 e. The van der Waals surface area contributed by atoms with E-state index in [1.165, 1.54) is 12.1 Å². The number of carbonyl (C=O) groups is 1. The van der Waals surface area contributed by atoms with E-state index in [-0.39, 0.29) is 23.0 Å². The van der Waals surface area contributed by atoms with E-state index in [9.17, 15) is 13.2 Å². The van der Waals surface area contributed by atoms with Gasteiger partial charge in [0.2, 0.25) is 10.0 Å². The van der Waals surface area contributed by atoms with E-state index in [4.69, 9.17) is 4.52 Å². The van der Waals surface area contributed by atoms with Crippen LogP contribution in [0.2, 0.25) is 0 Å². The molecule has 1 saturated carbocycles. The number of hydrogen-bond donors (Lipinski definition) is 2. The summed E-state index contributed by atoms with van der Waals surface area (Å²) in [6.07, 6.45) is 1.69. The van der Waals surface area contributed by atoms with Crippen LogP contribution in [0.15, 0.2) is 38.2 Å². The van der Waals surface area contributed by atoms with Crippen molar-refractivity contribution in [3.05, 3.63) is 45.8 Å². The van der Waals surface area contributed by atoms with E-state index < -0.39 is 15.9 Å². The third-order valence-corrected chi connectivity index (χ3v) is 5.71. The second-order valence-corrected chi connectivity index (χ2v) is 8.22. The predicted octanol–water partition coefficient (Wildman–Crippen LogP) is 2.12. The quantitative estimate of drug-likeness (QED) is 0.754. The Balaban J connectivity index is 1.76. The van der Waals surface area contributed by atoms with E-state index >= 15 is 0 Å². The fraction of sp³-hybridized carbons (Fsp3) is 0.333. The maximum atomic E-state index is 12.3. The molecule has 1 fully saturated rings. The van der Waals surface area contributed by atoms with Crippen LogP contribution in [0.25, 0.3) is 0 Å². The van der Waals surface area contributed by atoms with Crippen molar-refractivity contribution in [1.29, 1.82) is 0 Å². The molecule has 7 nitrogen and oxygen atoms in total. The Kier molecular flexibility index (Phi) is 4.75. The van der Waals surface area contributed by atoms with Gasteiger partial charge in [-0.2, -0.15) is 0 Å². The van der Waals surface area contributed by atoms with Crippen molar-refractivity contribution < 1.29 is 17.7 Å². The van der Waals surface area contributed by atoms with Gasteiger partial charge >= 0.3 is 0 Å². The zero-order valence-electron chi connectivity index (χ0n) is 12.9. The number of rotatable bonds is 6. The summed E-state index contributed by atoms with van der Waals surface area (Å²) >= 11 is 3.28. The Morgan fingerprint density at radius 2 is 2.12 bits per heavy atom. The minimum atomic E-state index is -3.61. The van der Waals surface area contributed by atoms with Crippen molar-refractivity contribution in [2.24, 2.45) is 0 Å². The molecule has 0 saturated heterocycles. The Morgan fingerprint density at radius 3 is 2.75 bits per heavy atom. The lowest BCUT2D eigenvalue weighted by molar-refractivity contribution is 0.0949. The lowest BCUT2D eigenvalue weighted by atomic mass is 10.2. The molecule has 0 spiro atoms. The monoisotopic (exact) mass is 413 g/mol. The Labute approximate surface area is 148 Å². The van der Waals surface area contributed by atoms with Crippen molar-refractivity contribution in [3.63, 3.8) is 0 Å². The summed E-state index contributed by atoms with van der Waals surface area (Å²) in [6, 6.07) is 6.10. The molecular formula is C15H16BrN3O4S. The van der Waals surface area contributed by atoms with Gasteiger partial charge in [0, 0.05) is 16.6 Å². The number of amides is 1. The van der Waals surface area contributed by atoms with Gasteiger partial charge in [0.05, 0.1) is 17.0 Å². The van der Waals surface area contributed by atoms with Gasteiger partial charge in [-0.05, 0) is 53.9 Å². The number of carbonyl (C=O) groups excluding carboxylic acids is 1. The highest BCUT2D eigenvalue weighted by Gasteiger charge is 2.28. The highest BCUT2D eigenvalue weighted by atomic mass is 79.9. The smallest absolute Gasteiger partial charge is 0.252 e. The SMILES string of the molecule is Cc1cc(CNC(=O)c2cc(S(=O)(=O)NC3CC3)ccc2Br)no1. The van der Waals surface area contributed by atoms with Crippen LogP contribution in [-0.4, -0.2) is 25.5 Å². The Morgan fingerprint density at radius 1 is 1.38 bits per heavy atom. The van der Waals surface area contributed by atoms with Crippen molar-refractivity contribution >= 4 is 31.9 Å². The van der Waals surface area contributed by atoms with Crippen molar-refractivity contribution in [3.8, 4) is 0 Å². The van der Waals surface area contributed by atoms with Gasteiger partial charge in [0.25, 0.3) is 5.91 Å². The lowest BCUT2D eigenvalue weighted by Gasteiger charge is -2.09. The largest absolute Gasteiger partial charge is 0.361 e. The van der Waals surface area contributed by atoms with Crippen LogP contribution in [0.4, 0.5) is 0 Å². The number of nitrogens with zero attached hydrogens (tertiary/aromatic N) is 1. The number of nitrogens with one attached hydrogen (secondary N) is 2. The Bertz CT molecular complexity index is 875. The molecule has 1 heterocycles. The van der Waals surface area contributed by atoms with E-state index in [0.717, 1.165) is 12.8 Å². The third kappa shape index (κ3) is 4.03. The average molecular weight is 414 g/mol. The van der Waals surface area contributed by atoms with Crippen molar-refractivity contribution in [1.82, 2.24) is 15.2 Å². The van der Waals surface area contributed by atoms with E-state index in [0.29, 0.717) is 15.9 Å². The molecule has 1 aliphatic carbocycles. The van der Waals surface area contributed by atoms with Crippen LogP contribution in [0.1, 0.15) is 34.7 Å². The standard InChI is InChI=1S/C15H16BrN3O4S/c1-9-6-11(18-23-9)8-17-15(20)13-7-12(4-5-14(13)16)24(21,22)19-10-2-3-10/h4-7,10,19H,2-3,8H2,1H3,(H,17,20). The summed E-state index contributed by atoms with van der Waals surface area (Å²) in [4.78, 5) is 12.4. The van der Waals surface area contributed by atoms with E-state index in [2.05, 4.69) is 31.1 Å². The molecule has 0 atom stereocenters. The minimum absolute atomic E-state index is 0.00586. The first kappa shape index (κ1) is 17.1. The fourth-order valence-electron chi connectivity index (χ4n) is 2.10. The third-order valence-electron chi connectivity index (χ3n) is 3.50. The average Bonchev–Trinajstić information content (AvgIpc) is 3.23. The molecule has 0 unspecified atom stereocenters. The highest BCUT2D eigenvalue weighted by Crippen LogP contribution is 2.25. The first-order valence-electron chi connectivity index (χ1n) is 7.37. The molecule has 1 aromatic carbocycles. The molecule has 1 aliphatic rings. The van der Waals surface area contributed by atoms with E-state index in [1.54, 1.807) is 19.1 Å². The lowest BCUT2D eigenvalue weighted by Crippen LogP contribution is -2.27. The van der Waals surface area contributed by atoms with Gasteiger partial charge in [0.15, 0.2) is 0 Å². The van der Waals surface area contributed by atoms with Gasteiger partial charge in [-0.3, -0.25) is 4.79 Å². The molecule has 128 valence electrons. The molecule has 0 radical (unpaired) electrons. The van der Waals surface area contributed by atoms with Crippen LogP contribution >= 0.6 is 15.9 Å². The van der Waals surface area contributed by atoms with Gasteiger partial charge in [0.1, 0.15) is 11.5 Å². The number of aromatic nitrogens is 1. The number of benzene rings is 1. The summed E-state index contributed by atoms with van der Waals surface area (Å²) in [5.74, 6) is 0.255. The molecule has 9 heteroatoms. The maximum absolute atomic E-state index is 12.3. The second kappa shape index (κ2) is 6.66. The predicted molar refractivity (Wildman–Crippen MR) is 89.9 cm³/mol.